The first-order chi connectivity index (χ1) is 36.3. The van der Waals surface area contributed by atoms with Crippen molar-refractivity contribution in [2.24, 2.45) is 0 Å². The molecule has 0 saturated carbocycles. The molecule has 0 radical (unpaired) electrons. The molecule has 1 aliphatic rings. The molecule has 9 nitrogen and oxygen atoms in total. The number of carbonyl (C=O) groups excluding carboxylic acids is 1. The Hall–Kier alpha value is -1.85. The minimum Gasteiger partial charge on any atom is -0.394 e. The molecule has 74 heavy (non-hydrogen) atoms. The quantitative estimate of drug-likeness (QED) is 0.0261. The van der Waals surface area contributed by atoms with E-state index in [0.29, 0.717) is 6.42 Å². The summed E-state index contributed by atoms with van der Waals surface area (Å²) in [7, 11) is 0. The molecule has 6 N–H and O–H groups in total. The Bertz CT molecular complexity index is 1300. The lowest BCUT2D eigenvalue weighted by Crippen LogP contribution is -2.60. The minimum absolute atomic E-state index is 0.183. The van der Waals surface area contributed by atoms with Crippen molar-refractivity contribution >= 4 is 5.91 Å². The Morgan fingerprint density at radius 3 is 1.22 bits per heavy atom. The Kier molecular flexibility index (Phi) is 51.7. The maximum absolute atomic E-state index is 13.1. The normalized spacial score (nSPS) is 19.3. The molecule has 1 rings (SSSR count). The molecule has 7 unspecified atom stereocenters. The van der Waals surface area contributed by atoms with Gasteiger partial charge < -0.3 is 40.3 Å². The molecule has 1 amide bonds. The summed E-state index contributed by atoms with van der Waals surface area (Å²) in [5.41, 5.74) is 0. The van der Waals surface area contributed by atoms with E-state index in [2.05, 4.69) is 55.6 Å². The second-order valence-electron chi connectivity index (χ2n) is 22.2. The molecular formula is C65H121NO8. The van der Waals surface area contributed by atoms with Crippen molar-refractivity contribution in [3.8, 4) is 0 Å². The molecule has 9 heteroatoms. The number of ether oxygens (including phenoxy) is 2. The SMILES string of the molecule is CCCCCCC/C=C\C/C=C\CCCCCCCCCCCCCCCCCCCCCCCCCCCC(=O)NC(COC1OC(CO)C(O)C(O)C1O)C(O)/C=C/CC/C=C/CCCCCCCCCC. The van der Waals surface area contributed by atoms with Gasteiger partial charge in [-0.25, -0.2) is 0 Å². The van der Waals surface area contributed by atoms with Crippen molar-refractivity contribution in [3.05, 3.63) is 48.6 Å². The van der Waals surface area contributed by atoms with Crippen LogP contribution in [-0.2, 0) is 14.3 Å². The Labute approximate surface area is 456 Å². The first kappa shape index (κ1) is 70.2. The highest BCUT2D eigenvalue weighted by Gasteiger charge is 2.44. The molecule has 0 aromatic rings. The van der Waals surface area contributed by atoms with Crippen molar-refractivity contribution in [1.82, 2.24) is 5.32 Å². The van der Waals surface area contributed by atoms with Crippen LogP contribution >= 0.6 is 0 Å². The molecule has 1 heterocycles. The number of unbranched alkanes of at least 4 members (excludes halogenated alkanes) is 39. The predicted molar refractivity (Wildman–Crippen MR) is 313 cm³/mol. The molecule has 0 bridgehead atoms. The number of nitrogens with one attached hydrogen (secondary N) is 1. The van der Waals surface area contributed by atoms with Crippen LogP contribution < -0.4 is 5.32 Å². The Morgan fingerprint density at radius 2 is 0.811 bits per heavy atom. The van der Waals surface area contributed by atoms with E-state index in [9.17, 15) is 30.3 Å². The van der Waals surface area contributed by atoms with Gasteiger partial charge in [0.2, 0.25) is 5.91 Å². The number of rotatable bonds is 55. The van der Waals surface area contributed by atoms with Gasteiger partial charge in [0, 0.05) is 6.42 Å². The summed E-state index contributed by atoms with van der Waals surface area (Å²) < 4.78 is 11.3. The van der Waals surface area contributed by atoms with Crippen molar-refractivity contribution in [1.29, 1.82) is 0 Å². The third-order valence-electron chi connectivity index (χ3n) is 15.1. The maximum Gasteiger partial charge on any atom is 0.220 e. The maximum atomic E-state index is 13.1. The van der Waals surface area contributed by atoms with Crippen LogP contribution in [0.1, 0.15) is 303 Å². The summed E-state index contributed by atoms with van der Waals surface area (Å²) in [5.74, 6) is -0.183. The highest BCUT2D eigenvalue weighted by molar-refractivity contribution is 5.76. The van der Waals surface area contributed by atoms with Gasteiger partial charge in [-0.05, 0) is 64.2 Å². The van der Waals surface area contributed by atoms with Crippen LogP contribution in [0.15, 0.2) is 48.6 Å². The van der Waals surface area contributed by atoms with Crippen LogP contribution in [0.4, 0.5) is 0 Å². The van der Waals surface area contributed by atoms with Gasteiger partial charge in [0.05, 0.1) is 25.4 Å². The second kappa shape index (κ2) is 54.5. The first-order valence-electron chi connectivity index (χ1n) is 31.9. The average molecular weight is 1040 g/mol. The van der Waals surface area contributed by atoms with Gasteiger partial charge in [-0.1, -0.05) is 281 Å². The van der Waals surface area contributed by atoms with Gasteiger partial charge in [0.15, 0.2) is 6.29 Å². The predicted octanol–water partition coefficient (Wildman–Crippen LogP) is 16.5. The van der Waals surface area contributed by atoms with Crippen LogP contribution in [0.5, 0.6) is 0 Å². The fourth-order valence-corrected chi connectivity index (χ4v) is 10.1. The number of aliphatic hydroxyl groups excluding tert-OH is 5. The van der Waals surface area contributed by atoms with E-state index in [4.69, 9.17) is 9.47 Å². The van der Waals surface area contributed by atoms with E-state index in [1.807, 2.05) is 6.08 Å². The van der Waals surface area contributed by atoms with Gasteiger partial charge in [-0.2, -0.15) is 0 Å². The van der Waals surface area contributed by atoms with Crippen LogP contribution in [-0.4, -0.2) is 87.5 Å². The fraction of sp³-hybridized carbons (Fsp3) is 0.862. The summed E-state index contributed by atoms with van der Waals surface area (Å²) in [6.07, 6.45) is 66.5. The number of aliphatic hydroxyl groups is 5. The van der Waals surface area contributed by atoms with Gasteiger partial charge >= 0.3 is 0 Å². The molecule has 0 aromatic carbocycles. The smallest absolute Gasteiger partial charge is 0.220 e. The standard InChI is InChI=1S/C65H121NO8/c1-3-5-7-9-11-13-15-17-19-20-21-22-23-24-25-26-27-28-29-30-31-32-33-34-35-36-37-38-39-40-41-43-45-47-49-51-53-55-61(69)66-58(57-73-65-64(72)63(71)62(70)60(56-67)74-65)59(68)54-52-50-48-46-44-42-18-16-14-12-10-8-6-4-2/h15,17,20-21,44,46,52,54,58-60,62-65,67-68,70-72H,3-14,16,18-19,22-43,45,47-51,53,55-57H2,1-2H3,(H,66,69)/b17-15-,21-20-,46-44+,54-52+. The van der Waals surface area contributed by atoms with E-state index in [-0.39, 0.29) is 12.5 Å². The third-order valence-corrected chi connectivity index (χ3v) is 15.1. The van der Waals surface area contributed by atoms with Gasteiger partial charge in [-0.3, -0.25) is 4.79 Å². The minimum atomic E-state index is -1.57. The number of allylic oxidation sites excluding steroid dienone is 7. The van der Waals surface area contributed by atoms with E-state index in [0.717, 1.165) is 44.9 Å². The van der Waals surface area contributed by atoms with Crippen molar-refractivity contribution in [2.75, 3.05) is 13.2 Å². The van der Waals surface area contributed by atoms with Gasteiger partial charge in [0.25, 0.3) is 0 Å². The zero-order valence-corrected chi connectivity index (χ0v) is 48.4. The number of amides is 1. The van der Waals surface area contributed by atoms with Crippen LogP contribution in [0.3, 0.4) is 0 Å². The van der Waals surface area contributed by atoms with E-state index >= 15 is 0 Å². The van der Waals surface area contributed by atoms with Crippen LogP contribution in [0, 0.1) is 0 Å². The molecule has 0 spiro atoms. The lowest BCUT2D eigenvalue weighted by atomic mass is 9.99. The Balaban J connectivity index is 2.06. The second-order valence-corrected chi connectivity index (χ2v) is 22.2. The fourth-order valence-electron chi connectivity index (χ4n) is 10.1. The Morgan fingerprint density at radius 1 is 0.459 bits per heavy atom. The van der Waals surface area contributed by atoms with Crippen molar-refractivity contribution in [2.45, 2.75) is 346 Å². The molecular weight excluding hydrogens is 923 g/mol. The van der Waals surface area contributed by atoms with Crippen LogP contribution in [0.2, 0.25) is 0 Å². The summed E-state index contributed by atoms with van der Waals surface area (Å²) in [6, 6.07) is -0.820. The third kappa shape index (κ3) is 43.2. The number of carbonyl (C=O) groups is 1. The number of hydrogen-bond acceptors (Lipinski definition) is 8. The highest BCUT2D eigenvalue weighted by Crippen LogP contribution is 2.23. The summed E-state index contributed by atoms with van der Waals surface area (Å²) >= 11 is 0. The zero-order chi connectivity index (χ0) is 53.6. The molecule has 1 saturated heterocycles. The van der Waals surface area contributed by atoms with Crippen molar-refractivity contribution in [3.63, 3.8) is 0 Å². The first-order valence-corrected chi connectivity index (χ1v) is 31.9. The lowest BCUT2D eigenvalue weighted by Gasteiger charge is -2.40. The molecule has 0 aliphatic carbocycles. The van der Waals surface area contributed by atoms with E-state index in [1.165, 1.54) is 238 Å². The average Bonchev–Trinajstić information content (AvgIpc) is 3.40. The van der Waals surface area contributed by atoms with Gasteiger partial charge in [-0.15, -0.1) is 0 Å². The summed E-state index contributed by atoms with van der Waals surface area (Å²) in [6.45, 7) is 3.76. The largest absolute Gasteiger partial charge is 0.394 e. The van der Waals surface area contributed by atoms with E-state index in [1.54, 1.807) is 6.08 Å². The molecule has 1 fully saturated rings. The summed E-state index contributed by atoms with van der Waals surface area (Å²) in [4.78, 5) is 13.1. The molecule has 434 valence electrons. The molecule has 1 aliphatic heterocycles. The zero-order valence-electron chi connectivity index (χ0n) is 48.4. The summed E-state index contributed by atoms with van der Waals surface area (Å²) in [5, 5.41) is 54.4. The van der Waals surface area contributed by atoms with Gasteiger partial charge in [0.1, 0.15) is 24.4 Å². The lowest BCUT2D eigenvalue weighted by molar-refractivity contribution is -0.302. The van der Waals surface area contributed by atoms with Crippen LogP contribution in [0.25, 0.3) is 0 Å². The highest BCUT2D eigenvalue weighted by atomic mass is 16.7. The van der Waals surface area contributed by atoms with Crippen molar-refractivity contribution < 1.29 is 39.8 Å². The monoisotopic (exact) mass is 1040 g/mol. The number of hydrogen-bond donors (Lipinski definition) is 6. The topological polar surface area (TPSA) is 149 Å². The molecule has 7 atom stereocenters. The van der Waals surface area contributed by atoms with E-state index < -0.39 is 49.5 Å². The molecule has 0 aromatic heterocycles.